The monoisotopic (exact) mass is 404 g/mol. The first-order chi connectivity index (χ1) is 13.9. The third kappa shape index (κ3) is 3.83. The number of fused-ring (bicyclic) bond motifs is 1. The van der Waals surface area contributed by atoms with Crippen LogP contribution >= 0.6 is 11.3 Å². The Morgan fingerprint density at radius 2 is 1.72 bits per heavy atom. The van der Waals surface area contributed by atoms with E-state index in [0.29, 0.717) is 11.9 Å². The van der Waals surface area contributed by atoms with Crippen LogP contribution in [0.25, 0.3) is 21.3 Å². The van der Waals surface area contributed by atoms with E-state index in [4.69, 9.17) is 4.74 Å². The maximum Gasteiger partial charge on any atom is 0.263 e. The highest BCUT2D eigenvalue weighted by Gasteiger charge is 2.15. The number of ether oxygens (including phenoxy) is 1. The van der Waals surface area contributed by atoms with Crippen LogP contribution < -0.4 is 10.3 Å². The Hall–Kier alpha value is -2.92. The molecular formula is C24H24N2O2S. The fraction of sp³-hybridized carbons (Fsp3) is 0.250. The van der Waals surface area contributed by atoms with Gasteiger partial charge in [0, 0.05) is 10.9 Å². The summed E-state index contributed by atoms with van der Waals surface area (Å²) >= 11 is 1.50. The Balaban J connectivity index is 1.71. The lowest BCUT2D eigenvalue weighted by atomic mass is 9.87. The summed E-state index contributed by atoms with van der Waals surface area (Å²) in [5.74, 6) is 0.794. The third-order valence-corrected chi connectivity index (χ3v) is 6.02. The van der Waals surface area contributed by atoms with Crippen LogP contribution in [0.15, 0.2) is 65.0 Å². The van der Waals surface area contributed by atoms with Gasteiger partial charge in [-0.2, -0.15) is 0 Å². The highest BCUT2D eigenvalue weighted by atomic mass is 32.1. The quantitative estimate of drug-likeness (QED) is 0.452. The molecule has 0 spiro atoms. The molecule has 0 bridgehead atoms. The molecule has 0 atom stereocenters. The van der Waals surface area contributed by atoms with Gasteiger partial charge in [0.2, 0.25) is 0 Å². The maximum atomic E-state index is 13.2. The molecule has 0 aliphatic carbocycles. The lowest BCUT2D eigenvalue weighted by Gasteiger charge is -2.19. The molecule has 2 aromatic carbocycles. The number of hydrogen-bond donors (Lipinski definition) is 0. The van der Waals surface area contributed by atoms with E-state index in [2.05, 4.69) is 50.0 Å². The first kappa shape index (κ1) is 19.4. The SMILES string of the molecule is COc1ccc(-c2csc3ncn(Cc4ccc(C(C)(C)C)cc4)c(=O)c23)cc1. The second-order valence-electron chi connectivity index (χ2n) is 8.18. The average Bonchev–Trinajstić information content (AvgIpc) is 3.15. The first-order valence-corrected chi connectivity index (χ1v) is 10.5. The average molecular weight is 405 g/mol. The lowest BCUT2D eigenvalue weighted by molar-refractivity contribution is 0.415. The normalized spacial score (nSPS) is 11.7. The predicted octanol–water partition coefficient (Wildman–Crippen LogP) is 5.48. The topological polar surface area (TPSA) is 44.1 Å². The van der Waals surface area contributed by atoms with Gasteiger partial charge in [0.15, 0.2) is 0 Å². The van der Waals surface area contributed by atoms with E-state index in [0.717, 1.165) is 27.3 Å². The summed E-state index contributed by atoms with van der Waals surface area (Å²) in [6.45, 7) is 7.09. The smallest absolute Gasteiger partial charge is 0.263 e. The maximum absolute atomic E-state index is 13.2. The van der Waals surface area contributed by atoms with Crippen molar-refractivity contribution in [1.29, 1.82) is 0 Å². The number of nitrogens with zero attached hydrogens (tertiary/aromatic N) is 2. The van der Waals surface area contributed by atoms with Gasteiger partial charge in [-0.15, -0.1) is 11.3 Å². The van der Waals surface area contributed by atoms with Gasteiger partial charge in [0.25, 0.3) is 5.56 Å². The molecule has 4 rings (SSSR count). The Morgan fingerprint density at radius 3 is 2.34 bits per heavy atom. The van der Waals surface area contributed by atoms with Gasteiger partial charge in [-0.3, -0.25) is 9.36 Å². The number of thiophene rings is 1. The van der Waals surface area contributed by atoms with Crippen LogP contribution in [0.4, 0.5) is 0 Å². The zero-order valence-corrected chi connectivity index (χ0v) is 17.9. The molecule has 0 saturated carbocycles. The van der Waals surface area contributed by atoms with Gasteiger partial charge < -0.3 is 4.74 Å². The predicted molar refractivity (Wildman–Crippen MR) is 120 cm³/mol. The van der Waals surface area contributed by atoms with Crippen LogP contribution in [0.1, 0.15) is 31.9 Å². The molecule has 0 unspecified atom stereocenters. The van der Waals surface area contributed by atoms with Crippen LogP contribution in [0.2, 0.25) is 0 Å². The minimum absolute atomic E-state index is 0.0121. The van der Waals surface area contributed by atoms with Gasteiger partial charge >= 0.3 is 0 Å². The molecule has 0 amide bonds. The van der Waals surface area contributed by atoms with Gasteiger partial charge in [-0.1, -0.05) is 57.2 Å². The molecule has 29 heavy (non-hydrogen) atoms. The molecule has 0 fully saturated rings. The van der Waals surface area contributed by atoms with Crippen molar-refractivity contribution in [3.8, 4) is 16.9 Å². The van der Waals surface area contributed by atoms with Crippen molar-refractivity contribution >= 4 is 21.6 Å². The highest BCUT2D eigenvalue weighted by molar-refractivity contribution is 7.17. The molecule has 0 aliphatic heterocycles. The first-order valence-electron chi connectivity index (χ1n) is 9.57. The van der Waals surface area contributed by atoms with E-state index in [1.165, 1.54) is 16.9 Å². The van der Waals surface area contributed by atoms with E-state index in [1.54, 1.807) is 18.0 Å². The summed E-state index contributed by atoms with van der Waals surface area (Å²) in [6, 6.07) is 16.2. The second kappa shape index (κ2) is 7.48. The molecule has 0 saturated heterocycles. The summed E-state index contributed by atoms with van der Waals surface area (Å²) in [5, 5.41) is 2.68. The van der Waals surface area contributed by atoms with Crippen LogP contribution in [0.5, 0.6) is 5.75 Å². The van der Waals surface area contributed by atoms with Gasteiger partial charge in [-0.25, -0.2) is 4.98 Å². The Morgan fingerprint density at radius 1 is 1.03 bits per heavy atom. The van der Waals surface area contributed by atoms with E-state index >= 15 is 0 Å². The fourth-order valence-electron chi connectivity index (χ4n) is 3.37. The number of hydrogen-bond acceptors (Lipinski definition) is 4. The largest absolute Gasteiger partial charge is 0.497 e. The van der Waals surface area contributed by atoms with Gasteiger partial charge in [0.1, 0.15) is 10.6 Å². The number of benzene rings is 2. The van der Waals surface area contributed by atoms with Crippen molar-refractivity contribution in [3.63, 3.8) is 0 Å². The van der Waals surface area contributed by atoms with Crippen LogP contribution in [-0.4, -0.2) is 16.7 Å². The molecule has 0 aliphatic rings. The van der Waals surface area contributed by atoms with E-state index in [1.807, 2.05) is 29.6 Å². The van der Waals surface area contributed by atoms with Gasteiger partial charge in [0.05, 0.1) is 25.4 Å². The summed E-state index contributed by atoms with van der Waals surface area (Å²) in [5.41, 5.74) is 4.37. The number of methoxy groups -OCH3 is 1. The third-order valence-electron chi connectivity index (χ3n) is 5.13. The molecule has 0 radical (unpaired) electrons. The van der Waals surface area contributed by atoms with Crippen molar-refractivity contribution in [3.05, 3.63) is 81.7 Å². The minimum Gasteiger partial charge on any atom is -0.497 e. The zero-order valence-electron chi connectivity index (χ0n) is 17.1. The van der Waals surface area contributed by atoms with Crippen LogP contribution in [-0.2, 0) is 12.0 Å². The van der Waals surface area contributed by atoms with Crippen molar-refractivity contribution in [2.24, 2.45) is 0 Å². The summed E-state index contributed by atoms with van der Waals surface area (Å²) in [7, 11) is 1.64. The van der Waals surface area contributed by atoms with Crippen LogP contribution in [0.3, 0.4) is 0 Å². The van der Waals surface area contributed by atoms with Crippen LogP contribution in [0, 0.1) is 0 Å². The molecule has 2 heterocycles. The summed E-state index contributed by atoms with van der Waals surface area (Å²) in [4.78, 5) is 18.5. The molecule has 4 nitrogen and oxygen atoms in total. The Kier molecular flexibility index (Phi) is 5.01. The molecule has 148 valence electrons. The van der Waals surface area contributed by atoms with Crippen molar-refractivity contribution in [2.45, 2.75) is 32.7 Å². The molecular weight excluding hydrogens is 380 g/mol. The number of aromatic nitrogens is 2. The standard InChI is InChI=1S/C24H24N2O2S/c1-24(2,3)18-9-5-16(6-10-18)13-26-15-25-22-21(23(26)27)20(14-29-22)17-7-11-19(28-4)12-8-17/h5-12,14-15H,13H2,1-4H3. The van der Waals surface area contributed by atoms with Crippen molar-refractivity contribution in [2.75, 3.05) is 7.11 Å². The minimum atomic E-state index is -0.0121. The van der Waals surface area contributed by atoms with E-state index in [-0.39, 0.29) is 11.0 Å². The molecule has 2 aromatic heterocycles. The summed E-state index contributed by atoms with van der Waals surface area (Å²) < 4.78 is 6.93. The summed E-state index contributed by atoms with van der Waals surface area (Å²) in [6.07, 6.45) is 1.65. The fourth-order valence-corrected chi connectivity index (χ4v) is 4.28. The Labute approximate surface area is 174 Å². The highest BCUT2D eigenvalue weighted by Crippen LogP contribution is 2.31. The van der Waals surface area contributed by atoms with Crippen molar-refractivity contribution < 1.29 is 4.74 Å². The second-order valence-corrected chi connectivity index (χ2v) is 9.04. The van der Waals surface area contributed by atoms with Crippen molar-refractivity contribution in [1.82, 2.24) is 9.55 Å². The number of rotatable bonds is 4. The molecule has 5 heteroatoms. The Bertz CT molecular complexity index is 1200. The molecule has 4 aromatic rings. The molecule has 0 N–H and O–H groups in total. The lowest BCUT2D eigenvalue weighted by Crippen LogP contribution is -2.21. The van der Waals surface area contributed by atoms with Gasteiger partial charge in [-0.05, 0) is 34.2 Å². The zero-order chi connectivity index (χ0) is 20.6. The van der Waals surface area contributed by atoms with E-state index < -0.39 is 0 Å². The van der Waals surface area contributed by atoms with E-state index in [9.17, 15) is 4.79 Å².